The van der Waals surface area contributed by atoms with Gasteiger partial charge in [0.1, 0.15) is 6.61 Å². The van der Waals surface area contributed by atoms with Gasteiger partial charge in [0, 0.05) is 12.6 Å². The Hall–Kier alpha value is -1.59. The normalized spacial score (nSPS) is 13.7. The molecule has 0 aliphatic heterocycles. The monoisotopic (exact) mass is 252 g/mol. The molecule has 0 radical (unpaired) electrons. The summed E-state index contributed by atoms with van der Waals surface area (Å²) >= 11 is 0. The highest BCUT2D eigenvalue weighted by molar-refractivity contribution is 5.67. The quantitative estimate of drug-likeness (QED) is 0.705. The van der Waals surface area contributed by atoms with Crippen molar-refractivity contribution in [2.75, 3.05) is 6.54 Å². The average Bonchev–Trinajstić information content (AvgIpc) is 2.42. The van der Waals surface area contributed by atoms with Crippen LogP contribution < -0.4 is 11.1 Å². The van der Waals surface area contributed by atoms with Gasteiger partial charge in [-0.15, -0.1) is 0 Å². The van der Waals surface area contributed by atoms with Crippen LogP contribution in [0.15, 0.2) is 30.3 Å². The predicted octanol–water partition coefficient (Wildman–Crippen LogP) is 1.01. The van der Waals surface area contributed by atoms with Crippen molar-refractivity contribution in [3.63, 3.8) is 0 Å². The van der Waals surface area contributed by atoms with E-state index in [-0.39, 0.29) is 19.2 Å². The van der Waals surface area contributed by atoms with Crippen LogP contribution in [0.3, 0.4) is 0 Å². The largest absolute Gasteiger partial charge is 0.445 e. The van der Waals surface area contributed by atoms with Gasteiger partial charge in [-0.3, -0.25) is 0 Å². The zero-order chi connectivity index (χ0) is 13.4. The average molecular weight is 252 g/mol. The van der Waals surface area contributed by atoms with Gasteiger partial charge in [0.2, 0.25) is 0 Å². The first-order valence-electron chi connectivity index (χ1n) is 6.01. The number of carbonyl (C=O) groups is 1. The van der Waals surface area contributed by atoms with E-state index in [0.29, 0.717) is 6.42 Å². The Balaban J connectivity index is 2.22. The maximum Gasteiger partial charge on any atom is 0.407 e. The molecule has 0 aliphatic carbocycles. The number of amides is 1. The van der Waals surface area contributed by atoms with E-state index in [1.807, 2.05) is 37.3 Å². The maximum atomic E-state index is 11.3. The fourth-order valence-electron chi connectivity index (χ4n) is 1.39. The lowest BCUT2D eigenvalue weighted by atomic mass is 10.1. The van der Waals surface area contributed by atoms with E-state index < -0.39 is 12.2 Å². The van der Waals surface area contributed by atoms with Crippen LogP contribution in [0.1, 0.15) is 18.9 Å². The van der Waals surface area contributed by atoms with E-state index in [4.69, 9.17) is 10.5 Å². The third kappa shape index (κ3) is 5.16. The Labute approximate surface area is 107 Å². The van der Waals surface area contributed by atoms with E-state index in [1.54, 1.807) is 0 Å². The number of hydrogen-bond acceptors (Lipinski definition) is 4. The number of benzene rings is 1. The van der Waals surface area contributed by atoms with E-state index in [1.165, 1.54) is 0 Å². The van der Waals surface area contributed by atoms with Crippen molar-refractivity contribution in [3.8, 4) is 0 Å². The van der Waals surface area contributed by atoms with Gasteiger partial charge in [-0.1, -0.05) is 37.3 Å². The maximum absolute atomic E-state index is 11.3. The van der Waals surface area contributed by atoms with Crippen LogP contribution in [0.2, 0.25) is 0 Å². The summed E-state index contributed by atoms with van der Waals surface area (Å²) in [5.41, 5.74) is 6.54. The van der Waals surface area contributed by atoms with Crippen molar-refractivity contribution in [2.45, 2.75) is 32.1 Å². The third-order valence-corrected chi connectivity index (χ3v) is 2.63. The molecule has 5 heteroatoms. The molecule has 0 saturated heterocycles. The van der Waals surface area contributed by atoms with Gasteiger partial charge in [-0.2, -0.15) is 0 Å². The van der Waals surface area contributed by atoms with Crippen LogP contribution in [0.5, 0.6) is 0 Å². The minimum Gasteiger partial charge on any atom is -0.445 e. The molecule has 0 bridgehead atoms. The second kappa shape index (κ2) is 7.68. The minimum atomic E-state index is -0.751. The molecule has 1 aromatic carbocycles. The van der Waals surface area contributed by atoms with Gasteiger partial charge in [0.15, 0.2) is 0 Å². The fraction of sp³-hybridized carbons (Fsp3) is 0.462. The van der Waals surface area contributed by atoms with Crippen LogP contribution in [0, 0.1) is 0 Å². The van der Waals surface area contributed by atoms with E-state index in [2.05, 4.69) is 5.32 Å². The van der Waals surface area contributed by atoms with Gasteiger partial charge in [0.05, 0.1) is 6.10 Å². The molecular formula is C13H20N2O3. The Morgan fingerprint density at radius 1 is 1.44 bits per heavy atom. The number of rotatable bonds is 6. The number of nitrogens with one attached hydrogen (secondary N) is 1. The topological polar surface area (TPSA) is 84.6 Å². The van der Waals surface area contributed by atoms with Crippen molar-refractivity contribution >= 4 is 6.09 Å². The number of ether oxygens (including phenoxy) is 1. The summed E-state index contributed by atoms with van der Waals surface area (Å²) in [5, 5.41) is 12.0. The second-order valence-corrected chi connectivity index (χ2v) is 4.08. The van der Waals surface area contributed by atoms with Gasteiger partial charge >= 0.3 is 6.09 Å². The molecule has 100 valence electrons. The zero-order valence-corrected chi connectivity index (χ0v) is 10.5. The van der Waals surface area contributed by atoms with Crippen LogP contribution in [0.25, 0.3) is 0 Å². The summed E-state index contributed by atoms with van der Waals surface area (Å²) in [6.45, 7) is 2.19. The number of carbonyl (C=O) groups excluding carboxylic acids is 1. The highest BCUT2D eigenvalue weighted by Gasteiger charge is 2.13. The Morgan fingerprint density at radius 3 is 2.72 bits per heavy atom. The first kappa shape index (κ1) is 14.5. The number of hydrogen-bond donors (Lipinski definition) is 3. The standard InChI is InChI=1S/C13H20N2O3/c1-2-11(14)12(16)8-15-13(17)18-9-10-6-4-3-5-7-10/h3-7,11-12,16H,2,8-9,14H2,1H3,(H,15,17)/t11-,12-/m1/s1. The number of aliphatic hydroxyl groups excluding tert-OH is 1. The van der Waals surface area contributed by atoms with Crippen LogP contribution in [0.4, 0.5) is 4.79 Å². The number of nitrogens with two attached hydrogens (primary N) is 1. The molecule has 1 rings (SSSR count). The summed E-state index contributed by atoms with van der Waals surface area (Å²) in [6.07, 6.45) is -0.650. The Kier molecular flexibility index (Phi) is 6.18. The summed E-state index contributed by atoms with van der Waals surface area (Å²) in [7, 11) is 0. The van der Waals surface area contributed by atoms with Gasteiger partial charge in [-0.25, -0.2) is 4.79 Å². The molecule has 0 aliphatic rings. The molecule has 1 amide bonds. The van der Waals surface area contributed by atoms with Crippen molar-refractivity contribution in [1.82, 2.24) is 5.32 Å². The molecule has 1 aromatic rings. The van der Waals surface area contributed by atoms with E-state index >= 15 is 0 Å². The molecule has 0 heterocycles. The zero-order valence-electron chi connectivity index (χ0n) is 10.5. The lowest BCUT2D eigenvalue weighted by Gasteiger charge is -2.17. The van der Waals surface area contributed by atoms with Gasteiger partial charge in [0.25, 0.3) is 0 Å². The molecule has 0 aromatic heterocycles. The molecule has 18 heavy (non-hydrogen) atoms. The second-order valence-electron chi connectivity index (χ2n) is 4.08. The van der Waals surface area contributed by atoms with Crippen molar-refractivity contribution < 1.29 is 14.6 Å². The van der Waals surface area contributed by atoms with Crippen LogP contribution in [-0.4, -0.2) is 29.9 Å². The lowest BCUT2D eigenvalue weighted by molar-refractivity contribution is 0.115. The molecule has 0 fully saturated rings. The Morgan fingerprint density at radius 2 is 2.11 bits per heavy atom. The molecule has 4 N–H and O–H groups in total. The molecule has 0 saturated carbocycles. The highest BCUT2D eigenvalue weighted by Crippen LogP contribution is 2.00. The SMILES string of the molecule is CC[C@@H](N)[C@H](O)CNC(=O)OCc1ccccc1. The van der Waals surface area contributed by atoms with Crippen molar-refractivity contribution in [1.29, 1.82) is 0 Å². The highest BCUT2D eigenvalue weighted by atomic mass is 16.5. The number of alkyl carbamates (subject to hydrolysis) is 1. The molecule has 5 nitrogen and oxygen atoms in total. The predicted molar refractivity (Wildman–Crippen MR) is 68.9 cm³/mol. The summed E-state index contributed by atoms with van der Waals surface area (Å²) < 4.78 is 4.99. The van der Waals surface area contributed by atoms with Gasteiger partial charge in [-0.05, 0) is 12.0 Å². The lowest BCUT2D eigenvalue weighted by Crippen LogP contribution is -2.43. The summed E-state index contributed by atoms with van der Waals surface area (Å²) in [4.78, 5) is 11.3. The summed E-state index contributed by atoms with van der Waals surface area (Å²) in [6, 6.07) is 9.05. The Bertz CT molecular complexity index is 357. The van der Waals surface area contributed by atoms with Crippen LogP contribution in [-0.2, 0) is 11.3 Å². The molecule has 2 atom stereocenters. The molecular weight excluding hydrogens is 232 g/mol. The van der Waals surface area contributed by atoms with E-state index in [0.717, 1.165) is 5.56 Å². The smallest absolute Gasteiger partial charge is 0.407 e. The molecule has 0 spiro atoms. The fourth-order valence-corrected chi connectivity index (χ4v) is 1.39. The minimum absolute atomic E-state index is 0.0998. The van der Waals surface area contributed by atoms with Crippen molar-refractivity contribution in [2.24, 2.45) is 5.73 Å². The molecule has 0 unspecified atom stereocenters. The van der Waals surface area contributed by atoms with Crippen molar-refractivity contribution in [3.05, 3.63) is 35.9 Å². The van der Waals surface area contributed by atoms with E-state index in [9.17, 15) is 9.90 Å². The van der Waals surface area contributed by atoms with Crippen LogP contribution >= 0.6 is 0 Å². The third-order valence-electron chi connectivity index (χ3n) is 2.63. The first-order chi connectivity index (χ1) is 8.63. The number of aliphatic hydroxyl groups is 1. The van der Waals surface area contributed by atoms with Gasteiger partial charge < -0.3 is 20.9 Å². The summed E-state index contributed by atoms with van der Waals surface area (Å²) in [5.74, 6) is 0. The first-order valence-corrected chi connectivity index (χ1v) is 6.01.